The van der Waals surface area contributed by atoms with E-state index in [1.165, 1.54) is 0 Å². The van der Waals surface area contributed by atoms with E-state index in [1.807, 2.05) is 6.07 Å². The van der Waals surface area contributed by atoms with Gasteiger partial charge in [0, 0.05) is 31.9 Å². The Bertz CT molecular complexity index is 420. The van der Waals surface area contributed by atoms with E-state index in [0.29, 0.717) is 18.0 Å². The summed E-state index contributed by atoms with van der Waals surface area (Å²) in [6.07, 6.45) is 0. The van der Waals surface area contributed by atoms with Crippen molar-refractivity contribution in [2.24, 2.45) is 0 Å². The van der Waals surface area contributed by atoms with Crippen molar-refractivity contribution < 1.29 is 9.53 Å². The summed E-state index contributed by atoms with van der Waals surface area (Å²) in [7, 11) is 3.35. The molecule has 0 bridgehead atoms. The summed E-state index contributed by atoms with van der Waals surface area (Å²) in [6.45, 7) is 1.44. The Morgan fingerprint density at radius 3 is 2.69 bits per heavy atom. The van der Waals surface area contributed by atoms with Crippen LogP contribution < -0.4 is 15.4 Å². The number of urea groups is 1. The summed E-state index contributed by atoms with van der Waals surface area (Å²) in [5.74, 6) is 0.597. The van der Waals surface area contributed by atoms with Gasteiger partial charge in [0.25, 0.3) is 0 Å². The summed E-state index contributed by atoms with van der Waals surface area (Å²) in [6, 6.07) is 5.37. The van der Waals surface area contributed by atoms with Gasteiger partial charge < -0.3 is 15.4 Å². The number of carbonyl (C=O) groups excluding carboxylic acids is 1. The van der Waals surface area contributed by atoms with Crippen molar-refractivity contribution in [3.05, 3.63) is 18.2 Å². The molecule has 0 unspecified atom stereocenters. The molecule has 0 atom stereocenters. The van der Waals surface area contributed by atoms with E-state index in [2.05, 4.69) is 0 Å². The van der Waals surface area contributed by atoms with E-state index in [-0.39, 0.29) is 6.03 Å². The molecule has 0 radical (unpaired) electrons. The molecular formula is C11H15N3O2. The minimum Gasteiger partial charge on any atom is -0.495 e. The van der Waals surface area contributed by atoms with E-state index in [4.69, 9.17) is 10.5 Å². The van der Waals surface area contributed by atoms with Gasteiger partial charge in [-0.1, -0.05) is 0 Å². The lowest BCUT2D eigenvalue weighted by atomic mass is 10.2. The smallest absolute Gasteiger partial charge is 0.324 e. The van der Waals surface area contributed by atoms with Crippen molar-refractivity contribution in [1.29, 1.82) is 0 Å². The lowest BCUT2D eigenvalue weighted by molar-refractivity contribution is 0.229. The average molecular weight is 221 g/mol. The van der Waals surface area contributed by atoms with Gasteiger partial charge in [-0.2, -0.15) is 0 Å². The topological polar surface area (TPSA) is 58.8 Å². The molecule has 1 heterocycles. The molecule has 2 N–H and O–H groups in total. The van der Waals surface area contributed by atoms with Crippen molar-refractivity contribution in [3.63, 3.8) is 0 Å². The van der Waals surface area contributed by atoms with Gasteiger partial charge in [-0.15, -0.1) is 0 Å². The van der Waals surface area contributed by atoms with Crippen LogP contribution in [0.5, 0.6) is 5.75 Å². The number of ether oxygens (including phenoxy) is 1. The highest BCUT2D eigenvalue weighted by atomic mass is 16.5. The zero-order valence-corrected chi connectivity index (χ0v) is 9.43. The SMILES string of the molecule is COc1cc(N2CCN(C)C2=O)ccc1N. The maximum absolute atomic E-state index is 11.8. The number of benzene rings is 1. The molecule has 0 saturated carbocycles. The molecule has 5 heteroatoms. The van der Waals surface area contributed by atoms with E-state index in [9.17, 15) is 4.79 Å². The molecule has 1 aliphatic rings. The second-order valence-electron chi connectivity index (χ2n) is 3.78. The van der Waals surface area contributed by atoms with Gasteiger partial charge in [0.05, 0.1) is 12.8 Å². The van der Waals surface area contributed by atoms with E-state index < -0.39 is 0 Å². The van der Waals surface area contributed by atoms with Crippen LogP contribution in [0, 0.1) is 0 Å². The number of amides is 2. The fraction of sp³-hybridized carbons (Fsp3) is 0.364. The predicted octanol–water partition coefficient (Wildman–Crippen LogP) is 1.15. The van der Waals surface area contributed by atoms with Crippen LogP contribution in [0.15, 0.2) is 18.2 Å². The Kier molecular flexibility index (Phi) is 2.60. The molecule has 1 saturated heterocycles. The van der Waals surface area contributed by atoms with Gasteiger partial charge in [-0.3, -0.25) is 4.90 Å². The Balaban J connectivity index is 2.31. The van der Waals surface area contributed by atoms with Crippen LogP contribution >= 0.6 is 0 Å². The van der Waals surface area contributed by atoms with Crippen molar-refractivity contribution in [3.8, 4) is 5.75 Å². The zero-order valence-electron chi connectivity index (χ0n) is 9.43. The molecule has 0 aliphatic carbocycles. The minimum atomic E-state index is 0.00632. The number of likely N-dealkylation sites (N-methyl/N-ethyl adjacent to an activating group) is 1. The number of nitrogens with two attached hydrogens (primary N) is 1. The summed E-state index contributed by atoms with van der Waals surface area (Å²) in [4.78, 5) is 15.2. The van der Waals surface area contributed by atoms with Gasteiger partial charge in [0.15, 0.2) is 0 Å². The molecule has 0 spiro atoms. The third kappa shape index (κ3) is 1.64. The number of rotatable bonds is 2. The fourth-order valence-electron chi connectivity index (χ4n) is 1.75. The zero-order chi connectivity index (χ0) is 11.7. The molecule has 86 valence electrons. The van der Waals surface area contributed by atoms with Crippen LogP contribution in [0.1, 0.15) is 0 Å². The first-order valence-electron chi connectivity index (χ1n) is 5.09. The highest BCUT2D eigenvalue weighted by molar-refractivity contribution is 5.94. The first-order valence-corrected chi connectivity index (χ1v) is 5.09. The summed E-state index contributed by atoms with van der Waals surface area (Å²) in [5.41, 5.74) is 7.12. The van der Waals surface area contributed by atoms with Crippen LogP contribution in [0.25, 0.3) is 0 Å². The van der Waals surface area contributed by atoms with Gasteiger partial charge in [0.1, 0.15) is 5.75 Å². The monoisotopic (exact) mass is 221 g/mol. The number of methoxy groups -OCH3 is 1. The maximum Gasteiger partial charge on any atom is 0.324 e. The third-order valence-corrected chi connectivity index (χ3v) is 2.75. The number of anilines is 2. The molecule has 2 amide bonds. The molecule has 1 aliphatic heterocycles. The van der Waals surface area contributed by atoms with Crippen molar-refractivity contribution in [2.45, 2.75) is 0 Å². The minimum absolute atomic E-state index is 0.00632. The van der Waals surface area contributed by atoms with Gasteiger partial charge in [-0.05, 0) is 12.1 Å². The number of nitrogen functional groups attached to an aromatic ring is 1. The highest BCUT2D eigenvalue weighted by Gasteiger charge is 2.26. The first kappa shape index (κ1) is 10.6. The second kappa shape index (κ2) is 3.92. The number of hydrogen-bond acceptors (Lipinski definition) is 3. The van der Waals surface area contributed by atoms with Crippen LogP contribution in [-0.4, -0.2) is 38.2 Å². The third-order valence-electron chi connectivity index (χ3n) is 2.75. The largest absolute Gasteiger partial charge is 0.495 e. The molecule has 0 aromatic heterocycles. The summed E-state index contributed by atoms with van der Waals surface area (Å²) < 4.78 is 5.13. The lowest BCUT2D eigenvalue weighted by Crippen LogP contribution is -2.29. The highest BCUT2D eigenvalue weighted by Crippen LogP contribution is 2.28. The van der Waals surface area contributed by atoms with Gasteiger partial charge in [-0.25, -0.2) is 4.79 Å². The fourth-order valence-corrected chi connectivity index (χ4v) is 1.75. The van der Waals surface area contributed by atoms with E-state index in [0.717, 1.165) is 12.2 Å². The lowest BCUT2D eigenvalue weighted by Gasteiger charge is -2.17. The Hall–Kier alpha value is -1.91. The van der Waals surface area contributed by atoms with Crippen LogP contribution in [0.4, 0.5) is 16.2 Å². The van der Waals surface area contributed by atoms with Gasteiger partial charge >= 0.3 is 6.03 Å². The predicted molar refractivity (Wildman–Crippen MR) is 62.8 cm³/mol. The molecule has 2 rings (SSSR count). The summed E-state index contributed by atoms with van der Waals surface area (Å²) in [5, 5.41) is 0. The Labute approximate surface area is 94.4 Å². The van der Waals surface area contributed by atoms with Crippen LogP contribution in [-0.2, 0) is 0 Å². The van der Waals surface area contributed by atoms with Crippen LogP contribution in [0.2, 0.25) is 0 Å². The number of nitrogens with zero attached hydrogens (tertiary/aromatic N) is 2. The Morgan fingerprint density at radius 1 is 1.38 bits per heavy atom. The molecular weight excluding hydrogens is 206 g/mol. The number of hydrogen-bond donors (Lipinski definition) is 1. The van der Waals surface area contributed by atoms with Crippen LogP contribution in [0.3, 0.4) is 0 Å². The molecule has 16 heavy (non-hydrogen) atoms. The standard InChI is InChI=1S/C11H15N3O2/c1-13-5-6-14(11(13)15)8-3-4-9(12)10(7-8)16-2/h3-4,7H,5-6,12H2,1-2H3. The van der Waals surface area contributed by atoms with Crippen molar-refractivity contribution in [1.82, 2.24) is 4.90 Å². The normalized spacial score (nSPS) is 15.8. The summed E-state index contributed by atoms with van der Waals surface area (Å²) >= 11 is 0. The molecule has 1 aromatic rings. The number of carbonyl (C=O) groups is 1. The van der Waals surface area contributed by atoms with E-state index in [1.54, 1.807) is 36.1 Å². The maximum atomic E-state index is 11.8. The quantitative estimate of drug-likeness (QED) is 0.762. The average Bonchev–Trinajstić information content (AvgIpc) is 2.61. The second-order valence-corrected chi connectivity index (χ2v) is 3.78. The first-order chi connectivity index (χ1) is 7.63. The van der Waals surface area contributed by atoms with Crippen molar-refractivity contribution in [2.75, 3.05) is 37.9 Å². The molecule has 1 fully saturated rings. The van der Waals surface area contributed by atoms with Crippen molar-refractivity contribution >= 4 is 17.4 Å². The Morgan fingerprint density at radius 2 is 2.12 bits per heavy atom. The molecule has 5 nitrogen and oxygen atoms in total. The van der Waals surface area contributed by atoms with Gasteiger partial charge in [0.2, 0.25) is 0 Å². The van der Waals surface area contributed by atoms with E-state index >= 15 is 0 Å². The molecule has 1 aromatic carbocycles.